The standard InChI is InChI=1S/C20H29N5O4S/c1-4-25(5-2)30(27,28)16-8-9-18(24-12-6-7-13-24)17(14-16)20(26)21-11-10-19-22-15(3)23-29-19/h8-9,14H,4-7,10-13H2,1-3H3,(H,21,26). The van der Waals surface area contributed by atoms with E-state index in [-0.39, 0.29) is 10.8 Å². The second-order valence-electron chi connectivity index (χ2n) is 7.20. The highest BCUT2D eigenvalue weighted by molar-refractivity contribution is 7.89. The number of hydrogen-bond donors (Lipinski definition) is 1. The maximum absolute atomic E-state index is 13.0. The van der Waals surface area contributed by atoms with Gasteiger partial charge in [0.15, 0.2) is 5.82 Å². The number of carbonyl (C=O) groups is 1. The molecule has 0 saturated carbocycles. The Bertz CT molecular complexity index is 979. The minimum atomic E-state index is -3.66. The van der Waals surface area contributed by atoms with Crippen LogP contribution in [-0.4, -0.2) is 61.5 Å². The van der Waals surface area contributed by atoms with Crippen molar-refractivity contribution in [3.8, 4) is 0 Å². The Labute approximate surface area is 177 Å². The molecule has 0 atom stereocenters. The Morgan fingerprint density at radius 3 is 2.53 bits per heavy atom. The number of sulfonamides is 1. The molecule has 10 heteroatoms. The molecule has 0 spiro atoms. The van der Waals surface area contributed by atoms with Crippen LogP contribution in [0.2, 0.25) is 0 Å². The van der Waals surface area contributed by atoms with E-state index < -0.39 is 10.0 Å². The molecular formula is C20H29N5O4S. The number of aromatic nitrogens is 2. The zero-order valence-electron chi connectivity index (χ0n) is 17.7. The van der Waals surface area contributed by atoms with Crippen molar-refractivity contribution in [3.05, 3.63) is 35.5 Å². The molecule has 9 nitrogen and oxygen atoms in total. The number of amides is 1. The highest BCUT2D eigenvalue weighted by atomic mass is 32.2. The topological polar surface area (TPSA) is 109 Å². The van der Waals surface area contributed by atoms with Crippen LogP contribution in [0.5, 0.6) is 0 Å². The summed E-state index contributed by atoms with van der Waals surface area (Å²) in [7, 11) is -3.66. The summed E-state index contributed by atoms with van der Waals surface area (Å²) in [6, 6.07) is 4.84. The van der Waals surface area contributed by atoms with Gasteiger partial charge in [0.25, 0.3) is 5.91 Å². The third kappa shape index (κ3) is 4.81. The Balaban J connectivity index is 1.85. The van der Waals surface area contributed by atoms with Gasteiger partial charge in [0.05, 0.1) is 10.5 Å². The van der Waals surface area contributed by atoms with Crippen molar-refractivity contribution in [2.45, 2.75) is 44.9 Å². The summed E-state index contributed by atoms with van der Waals surface area (Å²) in [6.45, 7) is 8.09. The molecule has 30 heavy (non-hydrogen) atoms. The first-order valence-electron chi connectivity index (χ1n) is 10.3. The predicted molar refractivity (Wildman–Crippen MR) is 113 cm³/mol. The second kappa shape index (κ2) is 9.57. The maximum Gasteiger partial charge on any atom is 0.253 e. The lowest BCUT2D eigenvalue weighted by Crippen LogP contribution is -2.32. The van der Waals surface area contributed by atoms with Crippen molar-refractivity contribution in [2.75, 3.05) is 37.6 Å². The SMILES string of the molecule is CCN(CC)S(=O)(=O)c1ccc(N2CCCC2)c(C(=O)NCCc2nc(C)no2)c1. The predicted octanol–water partition coefficient (Wildman–Crippen LogP) is 1.98. The quantitative estimate of drug-likeness (QED) is 0.641. The lowest BCUT2D eigenvalue weighted by molar-refractivity contribution is 0.0953. The number of nitrogens with one attached hydrogen (secondary N) is 1. The fourth-order valence-corrected chi connectivity index (χ4v) is 5.11. The van der Waals surface area contributed by atoms with E-state index in [9.17, 15) is 13.2 Å². The van der Waals surface area contributed by atoms with Gasteiger partial charge in [0.1, 0.15) is 0 Å². The van der Waals surface area contributed by atoms with Crippen LogP contribution in [0.15, 0.2) is 27.6 Å². The number of rotatable bonds is 9. The van der Waals surface area contributed by atoms with Gasteiger partial charge in [0.2, 0.25) is 15.9 Å². The Morgan fingerprint density at radius 2 is 1.93 bits per heavy atom. The average Bonchev–Trinajstić information content (AvgIpc) is 3.40. The van der Waals surface area contributed by atoms with Crippen molar-refractivity contribution < 1.29 is 17.7 Å². The molecular weight excluding hydrogens is 406 g/mol. The monoisotopic (exact) mass is 435 g/mol. The number of benzene rings is 1. The van der Waals surface area contributed by atoms with Crippen LogP contribution in [0.1, 0.15) is 48.8 Å². The fourth-order valence-electron chi connectivity index (χ4n) is 3.62. The molecule has 1 amide bonds. The maximum atomic E-state index is 13.0. The van der Waals surface area contributed by atoms with E-state index in [4.69, 9.17) is 4.52 Å². The first-order chi connectivity index (χ1) is 14.4. The van der Waals surface area contributed by atoms with Crippen molar-refractivity contribution >= 4 is 21.6 Å². The molecule has 164 valence electrons. The van der Waals surface area contributed by atoms with E-state index in [0.717, 1.165) is 31.6 Å². The minimum absolute atomic E-state index is 0.131. The van der Waals surface area contributed by atoms with E-state index in [0.29, 0.717) is 43.3 Å². The minimum Gasteiger partial charge on any atom is -0.371 e. The number of aryl methyl sites for hydroxylation is 1. The highest BCUT2D eigenvalue weighted by Crippen LogP contribution is 2.28. The van der Waals surface area contributed by atoms with Gasteiger partial charge in [-0.25, -0.2) is 8.42 Å². The molecule has 3 rings (SSSR count). The Morgan fingerprint density at radius 1 is 1.23 bits per heavy atom. The first-order valence-corrected chi connectivity index (χ1v) is 11.8. The van der Waals surface area contributed by atoms with E-state index in [1.54, 1.807) is 32.9 Å². The average molecular weight is 436 g/mol. The van der Waals surface area contributed by atoms with Crippen LogP contribution in [0, 0.1) is 6.92 Å². The van der Waals surface area contributed by atoms with Crippen LogP contribution < -0.4 is 10.2 Å². The van der Waals surface area contributed by atoms with E-state index in [2.05, 4.69) is 20.4 Å². The van der Waals surface area contributed by atoms with Gasteiger partial charge in [-0.3, -0.25) is 4.79 Å². The molecule has 1 fully saturated rings. The molecule has 1 saturated heterocycles. The molecule has 1 N–H and O–H groups in total. The van der Waals surface area contributed by atoms with Gasteiger partial charge in [0, 0.05) is 44.8 Å². The lowest BCUT2D eigenvalue weighted by Gasteiger charge is -2.23. The normalized spacial score (nSPS) is 14.5. The molecule has 0 radical (unpaired) electrons. The Hall–Kier alpha value is -2.46. The van der Waals surface area contributed by atoms with E-state index >= 15 is 0 Å². The van der Waals surface area contributed by atoms with Crippen molar-refractivity contribution in [1.82, 2.24) is 19.8 Å². The van der Waals surface area contributed by atoms with Crippen LogP contribution >= 0.6 is 0 Å². The third-order valence-electron chi connectivity index (χ3n) is 5.20. The van der Waals surface area contributed by atoms with Gasteiger partial charge in [-0.2, -0.15) is 9.29 Å². The van der Waals surface area contributed by atoms with Gasteiger partial charge >= 0.3 is 0 Å². The van der Waals surface area contributed by atoms with E-state index in [1.165, 1.54) is 10.4 Å². The summed E-state index contributed by atoms with van der Waals surface area (Å²) in [4.78, 5) is 19.4. The molecule has 2 aromatic rings. The summed E-state index contributed by atoms with van der Waals surface area (Å²) in [5, 5.41) is 6.59. The zero-order chi connectivity index (χ0) is 21.7. The molecule has 0 aliphatic carbocycles. The van der Waals surface area contributed by atoms with E-state index in [1.807, 2.05) is 0 Å². The molecule has 1 aromatic carbocycles. The van der Waals surface area contributed by atoms with Gasteiger partial charge in [-0.15, -0.1) is 0 Å². The molecule has 1 aromatic heterocycles. The molecule has 0 unspecified atom stereocenters. The summed E-state index contributed by atoms with van der Waals surface area (Å²) >= 11 is 0. The van der Waals surface area contributed by atoms with Crippen molar-refractivity contribution in [1.29, 1.82) is 0 Å². The first kappa shape index (κ1) is 22.2. The van der Waals surface area contributed by atoms with Crippen molar-refractivity contribution in [2.24, 2.45) is 0 Å². The van der Waals surface area contributed by atoms with Gasteiger partial charge in [-0.1, -0.05) is 19.0 Å². The number of carbonyl (C=O) groups excluding carboxylic acids is 1. The van der Waals surface area contributed by atoms with Crippen LogP contribution in [0.4, 0.5) is 5.69 Å². The summed E-state index contributed by atoms with van der Waals surface area (Å²) < 4.78 is 32.4. The van der Waals surface area contributed by atoms with Gasteiger partial charge in [-0.05, 0) is 38.0 Å². The highest BCUT2D eigenvalue weighted by Gasteiger charge is 2.26. The third-order valence-corrected chi connectivity index (χ3v) is 7.24. The lowest BCUT2D eigenvalue weighted by atomic mass is 10.1. The molecule has 2 heterocycles. The zero-order valence-corrected chi connectivity index (χ0v) is 18.5. The van der Waals surface area contributed by atoms with Crippen LogP contribution in [-0.2, 0) is 16.4 Å². The number of hydrogen-bond acceptors (Lipinski definition) is 7. The van der Waals surface area contributed by atoms with Crippen LogP contribution in [0.25, 0.3) is 0 Å². The van der Waals surface area contributed by atoms with Gasteiger partial charge < -0.3 is 14.7 Å². The van der Waals surface area contributed by atoms with Crippen LogP contribution in [0.3, 0.4) is 0 Å². The Kier molecular flexibility index (Phi) is 7.09. The summed E-state index contributed by atoms with van der Waals surface area (Å²) in [5.41, 5.74) is 1.13. The van der Waals surface area contributed by atoms with Crippen molar-refractivity contribution in [3.63, 3.8) is 0 Å². The number of anilines is 1. The molecule has 1 aliphatic heterocycles. The smallest absolute Gasteiger partial charge is 0.253 e. The second-order valence-corrected chi connectivity index (χ2v) is 9.14. The summed E-state index contributed by atoms with van der Waals surface area (Å²) in [5.74, 6) is 0.678. The fraction of sp³-hybridized carbons (Fsp3) is 0.550. The summed E-state index contributed by atoms with van der Waals surface area (Å²) in [6.07, 6.45) is 2.51. The molecule has 0 bridgehead atoms. The molecule has 1 aliphatic rings. The number of nitrogens with zero attached hydrogens (tertiary/aromatic N) is 4. The largest absolute Gasteiger partial charge is 0.371 e.